The molecule has 23 heavy (non-hydrogen) atoms. The van der Waals surface area contributed by atoms with Crippen LogP contribution in [0.15, 0.2) is 35.1 Å². The minimum Gasteiger partial charge on any atom is -0.459 e. The van der Waals surface area contributed by atoms with Gasteiger partial charge in [-0.15, -0.1) is 0 Å². The molecule has 0 spiro atoms. The van der Waals surface area contributed by atoms with Crippen LogP contribution in [0.4, 0.5) is 0 Å². The average Bonchev–Trinajstić information content (AvgIpc) is 3.11. The highest BCUT2D eigenvalue weighted by Crippen LogP contribution is 2.15. The third-order valence-corrected chi connectivity index (χ3v) is 4.27. The van der Waals surface area contributed by atoms with Gasteiger partial charge in [-0.2, -0.15) is 0 Å². The fourth-order valence-electron chi connectivity index (χ4n) is 2.71. The average molecular weight is 313 g/mol. The molecule has 0 bridgehead atoms. The van der Waals surface area contributed by atoms with Crippen molar-refractivity contribution in [3.63, 3.8) is 0 Å². The van der Waals surface area contributed by atoms with Crippen LogP contribution < -0.4 is 0 Å². The Hall–Kier alpha value is -2.63. The number of piperazine rings is 1. The highest BCUT2D eigenvalue weighted by Gasteiger charge is 2.27. The first-order valence-corrected chi connectivity index (χ1v) is 7.62. The molecular weight excluding hydrogens is 294 g/mol. The molecule has 0 aliphatic carbocycles. The third-order valence-electron chi connectivity index (χ3n) is 4.27. The van der Waals surface area contributed by atoms with E-state index in [0.717, 1.165) is 11.3 Å². The van der Waals surface area contributed by atoms with Crippen LogP contribution in [-0.2, 0) is 0 Å². The largest absolute Gasteiger partial charge is 0.459 e. The molecule has 0 aromatic carbocycles. The maximum Gasteiger partial charge on any atom is 0.289 e. The summed E-state index contributed by atoms with van der Waals surface area (Å²) in [5.74, 6) is 0.210. The second-order valence-electron chi connectivity index (χ2n) is 5.63. The Balaban J connectivity index is 1.66. The minimum absolute atomic E-state index is 0.00176. The van der Waals surface area contributed by atoms with Gasteiger partial charge in [0.2, 0.25) is 0 Å². The van der Waals surface area contributed by atoms with Crippen LogP contribution in [0.25, 0.3) is 0 Å². The van der Waals surface area contributed by atoms with Crippen molar-refractivity contribution in [3.05, 3.63) is 53.2 Å². The van der Waals surface area contributed by atoms with Crippen LogP contribution in [0.1, 0.15) is 32.2 Å². The zero-order chi connectivity index (χ0) is 16.4. The van der Waals surface area contributed by atoms with E-state index >= 15 is 0 Å². The predicted octanol–water partition coefficient (Wildman–Crippen LogP) is 1.89. The van der Waals surface area contributed by atoms with Gasteiger partial charge < -0.3 is 14.2 Å². The standard InChI is InChI=1S/C17H19N3O3/c1-12-13(2)18-6-5-14(12)16(21)19-7-9-20(10-8-19)17(22)15-4-3-11-23-15/h3-6,11H,7-10H2,1-2H3. The van der Waals surface area contributed by atoms with E-state index in [2.05, 4.69) is 4.98 Å². The number of carbonyl (C=O) groups is 2. The molecule has 0 N–H and O–H groups in total. The van der Waals surface area contributed by atoms with Gasteiger partial charge in [0, 0.05) is 43.6 Å². The first-order chi connectivity index (χ1) is 11.1. The van der Waals surface area contributed by atoms with Crippen LogP contribution in [-0.4, -0.2) is 52.8 Å². The van der Waals surface area contributed by atoms with Gasteiger partial charge in [0.1, 0.15) is 0 Å². The summed E-state index contributed by atoms with van der Waals surface area (Å²) >= 11 is 0. The van der Waals surface area contributed by atoms with Crippen molar-refractivity contribution in [1.29, 1.82) is 0 Å². The molecule has 0 radical (unpaired) electrons. The van der Waals surface area contributed by atoms with E-state index in [1.54, 1.807) is 34.2 Å². The number of aryl methyl sites for hydroxylation is 1. The van der Waals surface area contributed by atoms with Crippen molar-refractivity contribution >= 4 is 11.8 Å². The summed E-state index contributed by atoms with van der Waals surface area (Å²) in [6, 6.07) is 5.11. The zero-order valence-electron chi connectivity index (χ0n) is 13.3. The maximum absolute atomic E-state index is 12.7. The number of hydrogen-bond acceptors (Lipinski definition) is 4. The Labute approximate surface area is 134 Å². The van der Waals surface area contributed by atoms with Crippen LogP contribution in [0.3, 0.4) is 0 Å². The molecule has 1 fully saturated rings. The van der Waals surface area contributed by atoms with Crippen molar-refractivity contribution in [2.75, 3.05) is 26.2 Å². The summed E-state index contributed by atoms with van der Waals surface area (Å²) in [6.07, 6.45) is 3.15. The Kier molecular flexibility index (Phi) is 4.14. The molecule has 1 aliphatic heterocycles. The SMILES string of the molecule is Cc1nccc(C(=O)N2CCN(C(=O)c3ccco3)CC2)c1C. The number of rotatable bonds is 2. The Morgan fingerprint density at radius 2 is 1.70 bits per heavy atom. The van der Waals surface area contributed by atoms with Gasteiger partial charge in [-0.05, 0) is 37.6 Å². The van der Waals surface area contributed by atoms with E-state index in [0.29, 0.717) is 37.5 Å². The van der Waals surface area contributed by atoms with Crippen LogP contribution >= 0.6 is 0 Å². The quantitative estimate of drug-likeness (QED) is 0.849. The lowest BCUT2D eigenvalue weighted by atomic mass is 10.1. The normalized spacial score (nSPS) is 14.9. The van der Waals surface area contributed by atoms with Gasteiger partial charge >= 0.3 is 0 Å². The van der Waals surface area contributed by atoms with Crippen LogP contribution in [0.2, 0.25) is 0 Å². The summed E-state index contributed by atoms with van der Waals surface area (Å²) in [4.78, 5) is 32.6. The second kappa shape index (κ2) is 6.24. The van der Waals surface area contributed by atoms with Crippen molar-refractivity contribution in [2.24, 2.45) is 0 Å². The predicted molar refractivity (Wildman–Crippen MR) is 84.2 cm³/mol. The molecule has 6 nitrogen and oxygen atoms in total. The molecule has 0 saturated carbocycles. The Bertz CT molecular complexity index is 717. The van der Waals surface area contributed by atoms with Gasteiger partial charge in [-0.3, -0.25) is 14.6 Å². The number of amides is 2. The van der Waals surface area contributed by atoms with Crippen LogP contribution in [0.5, 0.6) is 0 Å². The van der Waals surface area contributed by atoms with Gasteiger partial charge in [0.05, 0.1) is 6.26 Å². The minimum atomic E-state index is -0.127. The Morgan fingerprint density at radius 1 is 1.04 bits per heavy atom. The van der Waals surface area contributed by atoms with Crippen molar-refractivity contribution < 1.29 is 14.0 Å². The number of hydrogen-bond donors (Lipinski definition) is 0. The molecule has 1 saturated heterocycles. The topological polar surface area (TPSA) is 66.7 Å². The lowest BCUT2D eigenvalue weighted by Gasteiger charge is -2.34. The summed E-state index contributed by atoms with van der Waals surface area (Å²) in [5, 5.41) is 0. The van der Waals surface area contributed by atoms with Gasteiger partial charge in [-0.1, -0.05) is 0 Å². The molecule has 0 atom stereocenters. The Morgan fingerprint density at radius 3 is 2.30 bits per heavy atom. The smallest absolute Gasteiger partial charge is 0.289 e. The second-order valence-corrected chi connectivity index (χ2v) is 5.63. The van der Waals surface area contributed by atoms with E-state index in [-0.39, 0.29) is 11.8 Å². The van der Waals surface area contributed by atoms with E-state index < -0.39 is 0 Å². The highest BCUT2D eigenvalue weighted by atomic mass is 16.3. The monoisotopic (exact) mass is 313 g/mol. The molecule has 6 heteroatoms. The highest BCUT2D eigenvalue weighted by molar-refractivity contribution is 5.96. The summed E-state index contributed by atoms with van der Waals surface area (Å²) in [5.41, 5.74) is 2.46. The molecule has 2 amide bonds. The molecule has 3 heterocycles. The van der Waals surface area contributed by atoms with E-state index in [1.807, 2.05) is 13.8 Å². The molecule has 120 valence electrons. The number of pyridine rings is 1. The van der Waals surface area contributed by atoms with Gasteiger partial charge in [-0.25, -0.2) is 0 Å². The molecule has 2 aromatic rings. The van der Waals surface area contributed by atoms with Crippen molar-refractivity contribution in [1.82, 2.24) is 14.8 Å². The third kappa shape index (κ3) is 2.97. The molecule has 3 rings (SSSR count). The van der Waals surface area contributed by atoms with Crippen LogP contribution in [0, 0.1) is 13.8 Å². The van der Waals surface area contributed by atoms with Crippen molar-refractivity contribution in [2.45, 2.75) is 13.8 Å². The lowest BCUT2D eigenvalue weighted by molar-refractivity contribution is 0.0517. The molecular formula is C17H19N3O3. The van der Waals surface area contributed by atoms with E-state index in [1.165, 1.54) is 6.26 Å². The fraction of sp³-hybridized carbons (Fsp3) is 0.353. The van der Waals surface area contributed by atoms with E-state index in [4.69, 9.17) is 4.42 Å². The number of carbonyl (C=O) groups excluding carboxylic acids is 2. The van der Waals surface area contributed by atoms with Gasteiger partial charge in [0.15, 0.2) is 5.76 Å². The molecule has 2 aromatic heterocycles. The lowest BCUT2D eigenvalue weighted by Crippen LogP contribution is -2.50. The summed E-state index contributed by atoms with van der Waals surface area (Å²) in [6.45, 7) is 5.86. The van der Waals surface area contributed by atoms with Gasteiger partial charge in [0.25, 0.3) is 11.8 Å². The van der Waals surface area contributed by atoms with Crippen molar-refractivity contribution in [3.8, 4) is 0 Å². The first-order valence-electron chi connectivity index (χ1n) is 7.62. The zero-order valence-corrected chi connectivity index (χ0v) is 13.3. The summed E-state index contributed by atoms with van der Waals surface area (Å²) < 4.78 is 5.14. The number of nitrogens with zero attached hydrogens (tertiary/aromatic N) is 3. The maximum atomic E-state index is 12.7. The molecule has 0 unspecified atom stereocenters. The number of aromatic nitrogens is 1. The fourth-order valence-corrected chi connectivity index (χ4v) is 2.71. The number of furan rings is 1. The summed E-state index contributed by atoms with van der Waals surface area (Å²) in [7, 11) is 0. The first kappa shape index (κ1) is 15.3. The molecule has 1 aliphatic rings. The van der Waals surface area contributed by atoms with E-state index in [9.17, 15) is 9.59 Å².